The van der Waals surface area contributed by atoms with E-state index in [-0.39, 0.29) is 34.0 Å². The molecule has 2 heterocycles. The van der Waals surface area contributed by atoms with Gasteiger partial charge in [0.25, 0.3) is 0 Å². The average molecular weight is 602 g/mol. The largest absolute Gasteiger partial charge is 0.380 e. The number of aromatic nitrogens is 4. The minimum atomic E-state index is -4.08. The number of aromatic amines is 1. The number of fused-ring (bicyclic) bond motifs is 1. The van der Waals surface area contributed by atoms with Crippen molar-refractivity contribution in [2.75, 3.05) is 12.0 Å². The Balaban J connectivity index is 1.87. The van der Waals surface area contributed by atoms with E-state index in [1.807, 2.05) is 0 Å². The molecule has 214 valence electrons. The zero-order valence-electron chi connectivity index (χ0n) is 22.3. The molecule has 0 saturated carbocycles. The second-order valence-corrected chi connectivity index (χ2v) is 13.6. The highest BCUT2D eigenvalue weighted by molar-refractivity contribution is 7.90. The summed E-state index contributed by atoms with van der Waals surface area (Å²) in [5.41, 5.74) is 8.49. The van der Waals surface area contributed by atoms with Crippen LogP contribution in [0, 0.1) is 18.6 Å². The molecule has 3 aromatic carbocycles. The number of imidazole rings is 2. The van der Waals surface area contributed by atoms with Crippen LogP contribution in [0.1, 0.15) is 19.4 Å². The van der Waals surface area contributed by atoms with Gasteiger partial charge in [0, 0.05) is 16.7 Å². The third kappa shape index (κ3) is 5.27. The molecule has 5 aromatic rings. The normalized spacial score (nSPS) is 12.4. The van der Waals surface area contributed by atoms with E-state index in [2.05, 4.69) is 9.97 Å². The summed E-state index contributed by atoms with van der Waals surface area (Å²) in [6.45, 7) is 4.64. The highest BCUT2D eigenvalue weighted by Crippen LogP contribution is 2.40. The van der Waals surface area contributed by atoms with Crippen LogP contribution in [-0.4, -0.2) is 47.3 Å². The van der Waals surface area contributed by atoms with Crippen LogP contribution in [0.15, 0.2) is 54.6 Å². The van der Waals surface area contributed by atoms with Gasteiger partial charge in [0.15, 0.2) is 5.75 Å². The van der Waals surface area contributed by atoms with Crippen molar-refractivity contribution < 1.29 is 29.8 Å². The minimum absolute atomic E-state index is 0.0274. The molecule has 0 atom stereocenters. The predicted molar refractivity (Wildman–Crippen MR) is 152 cm³/mol. The lowest BCUT2D eigenvalue weighted by atomic mass is 10.0. The zero-order valence-corrected chi connectivity index (χ0v) is 23.9. The molecule has 0 amide bonds. The number of hydrogen-bond acceptors (Lipinski definition) is 8. The number of nitrogen functional groups attached to an aromatic ring is 1. The summed E-state index contributed by atoms with van der Waals surface area (Å²) in [5.74, 6) is -1.22. The van der Waals surface area contributed by atoms with Gasteiger partial charge < -0.3 is 14.9 Å². The summed E-state index contributed by atoms with van der Waals surface area (Å²) >= 11 is 0. The smallest absolute Gasteiger partial charge is 0.306 e. The van der Waals surface area contributed by atoms with Crippen LogP contribution in [0.25, 0.3) is 44.9 Å². The quantitative estimate of drug-likeness (QED) is 0.251. The number of nitrogens with zero attached hydrogens (tertiary/aromatic N) is 3. The van der Waals surface area contributed by atoms with Crippen molar-refractivity contribution in [3.8, 4) is 39.7 Å². The molecule has 3 N–H and O–H groups in total. The molecule has 41 heavy (non-hydrogen) atoms. The first kappa shape index (κ1) is 28.2. The number of H-pyrrole nitrogens is 1. The van der Waals surface area contributed by atoms with Gasteiger partial charge in [-0.3, -0.25) is 0 Å². The molecule has 0 bridgehead atoms. The van der Waals surface area contributed by atoms with Crippen molar-refractivity contribution in [3.05, 3.63) is 71.8 Å². The molecular weight excluding hydrogens is 576 g/mol. The number of nitrogens with one attached hydrogen (secondary N) is 1. The SMILES string of the molecule is Cc1cc(F)ccc1-c1[nH]c(-c2ccc(F)cc2)nc1-c1cc(OS(C)(=O)=O)c2nc(N)n(S(=O)(=O)C(C)C)c2c1. The van der Waals surface area contributed by atoms with Gasteiger partial charge >= 0.3 is 10.1 Å². The number of rotatable bonds is 7. The van der Waals surface area contributed by atoms with E-state index in [0.717, 1.165) is 10.2 Å². The number of benzene rings is 3. The Morgan fingerprint density at radius 1 is 0.927 bits per heavy atom. The van der Waals surface area contributed by atoms with Crippen LogP contribution in [0.2, 0.25) is 0 Å². The van der Waals surface area contributed by atoms with Gasteiger partial charge in [0.2, 0.25) is 16.0 Å². The molecule has 0 saturated heterocycles. The van der Waals surface area contributed by atoms with E-state index in [4.69, 9.17) is 14.9 Å². The van der Waals surface area contributed by atoms with Gasteiger partial charge in [0.05, 0.1) is 28.4 Å². The minimum Gasteiger partial charge on any atom is -0.380 e. The average Bonchev–Trinajstić information content (AvgIpc) is 3.45. The monoisotopic (exact) mass is 601 g/mol. The van der Waals surface area contributed by atoms with E-state index < -0.39 is 37.0 Å². The van der Waals surface area contributed by atoms with E-state index in [9.17, 15) is 25.6 Å². The van der Waals surface area contributed by atoms with Crippen LogP contribution in [0.4, 0.5) is 14.7 Å². The molecule has 2 aromatic heterocycles. The molecule has 0 fully saturated rings. The lowest BCUT2D eigenvalue weighted by Gasteiger charge is -2.13. The summed E-state index contributed by atoms with van der Waals surface area (Å²) in [7, 11) is -8.13. The van der Waals surface area contributed by atoms with Gasteiger partial charge in [0.1, 0.15) is 23.0 Å². The highest BCUT2D eigenvalue weighted by atomic mass is 32.2. The Hall–Kier alpha value is -4.30. The summed E-state index contributed by atoms with van der Waals surface area (Å²) in [5, 5.41) is -0.891. The van der Waals surface area contributed by atoms with E-state index in [1.165, 1.54) is 62.4 Å². The van der Waals surface area contributed by atoms with Gasteiger partial charge in [-0.2, -0.15) is 8.42 Å². The molecular formula is C27H25F2N5O5S2. The Kier molecular flexibility index (Phi) is 6.86. The van der Waals surface area contributed by atoms with E-state index in [0.29, 0.717) is 28.2 Å². The Bertz CT molecular complexity index is 2030. The fourth-order valence-electron chi connectivity index (χ4n) is 4.41. The third-order valence-electron chi connectivity index (χ3n) is 6.35. The van der Waals surface area contributed by atoms with Crippen molar-refractivity contribution in [3.63, 3.8) is 0 Å². The lowest BCUT2D eigenvalue weighted by molar-refractivity contribution is 0.495. The molecule has 0 radical (unpaired) electrons. The van der Waals surface area contributed by atoms with Crippen molar-refractivity contribution in [2.45, 2.75) is 26.0 Å². The molecule has 5 rings (SSSR count). The standard InChI is InChI=1S/C27H25F2N5O5S2/c1-14(2)41(37,38)34-21-12-17(13-22(39-40(4,35)36)25(21)33-27(34)30)23-24(20-10-9-19(29)11-15(20)3)32-26(31-23)16-5-7-18(28)8-6-16/h5-14H,1-4H3,(H2,30,33)(H,31,32). The van der Waals surface area contributed by atoms with Crippen LogP contribution in [0.3, 0.4) is 0 Å². The summed E-state index contributed by atoms with van der Waals surface area (Å²) in [6.07, 6.45) is 0.838. The lowest BCUT2D eigenvalue weighted by Crippen LogP contribution is -2.23. The van der Waals surface area contributed by atoms with Gasteiger partial charge in [-0.25, -0.2) is 31.1 Å². The molecule has 10 nitrogen and oxygen atoms in total. The maximum atomic E-state index is 14.0. The van der Waals surface area contributed by atoms with E-state index in [1.54, 1.807) is 13.0 Å². The Morgan fingerprint density at radius 2 is 1.59 bits per heavy atom. The zero-order chi connectivity index (χ0) is 29.9. The van der Waals surface area contributed by atoms with Crippen LogP contribution in [-0.2, 0) is 20.1 Å². The maximum absolute atomic E-state index is 14.0. The number of anilines is 1. The van der Waals surface area contributed by atoms with Gasteiger partial charge in [-0.15, -0.1) is 0 Å². The third-order valence-corrected chi connectivity index (χ3v) is 8.92. The predicted octanol–water partition coefficient (Wildman–Crippen LogP) is 4.85. The number of aryl methyl sites for hydroxylation is 1. The highest BCUT2D eigenvalue weighted by Gasteiger charge is 2.28. The number of hydrogen-bond donors (Lipinski definition) is 2. The van der Waals surface area contributed by atoms with Crippen LogP contribution >= 0.6 is 0 Å². The summed E-state index contributed by atoms with van der Waals surface area (Å²) < 4.78 is 84.5. The second kappa shape index (κ2) is 9.96. The van der Waals surface area contributed by atoms with E-state index >= 15 is 0 Å². The number of nitrogens with two attached hydrogens (primary N) is 1. The first-order valence-corrected chi connectivity index (χ1v) is 15.6. The fraction of sp³-hybridized carbons (Fsp3) is 0.185. The molecule has 0 aliphatic carbocycles. The van der Waals surface area contributed by atoms with Crippen LogP contribution < -0.4 is 9.92 Å². The number of halogens is 2. The topological polar surface area (TPSA) is 150 Å². The summed E-state index contributed by atoms with van der Waals surface area (Å²) in [6, 6.07) is 12.5. The molecule has 0 unspecified atom stereocenters. The molecule has 0 spiro atoms. The van der Waals surface area contributed by atoms with Gasteiger partial charge in [-0.05, 0) is 80.9 Å². The summed E-state index contributed by atoms with van der Waals surface area (Å²) in [4.78, 5) is 12.0. The van der Waals surface area contributed by atoms with Crippen LogP contribution in [0.5, 0.6) is 5.75 Å². The Morgan fingerprint density at radius 3 is 2.20 bits per heavy atom. The molecule has 0 aliphatic heterocycles. The van der Waals surface area contributed by atoms with Crippen molar-refractivity contribution in [2.24, 2.45) is 0 Å². The molecule has 14 heteroatoms. The molecule has 0 aliphatic rings. The Labute approximate surface area is 235 Å². The van der Waals surface area contributed by atoms with Crippen molar-refractivity contribution >= 4 is 37.1 Å². The maximum Gasteiger partial charge on any atom is 0.306 e. The first-order valence-electron chi connectivity index (χ1n) is 12.2. The fourth-order valence-corrected chi connectivity index (χ4v) is 6.00. The van der Waals surface area contributed by atoms with Crippen molar-refractivity contribution in [1.29, 1.82) is 0 Å². The second-order valence-electron chi connectivity index (χ2n) is 9.73. The van der Waals surface area contributed by atoms with Crippen molar-refractivity contribution in [1.82, 2.24) is 18.9 Å². The van der Waals surface area contributed by atoms with Gasteiger partial charge in [-0.1, -0.05) is 0 Å². The first-order chi connectivity index (χ1) is 19.2.